The lowest BCUT2D eigenvalue weighted by atomic mass is 10.1. The molecule has 1 aromatic heterocycles. The third kappa shape index (κ3) is 5.75. The topological polar surface area (TPSA) is 88.5 Å². The van der Waals surface area contributed by atoms with Crippen molar-refractivity contribution < 1.29 is 19.4 Å². The van der Waals surface area contributed by atoms with Crippen molar-refractivity contribution in [2.24, 2.45) is 0 Å². The number of hydrogen-bond acceptors (Lipinski definition) is 4. The smallest absolute Gasteiger partial charge is 0.307 e. The average Bonchev–Trinajstić information content (AvgIpc) is 2.82. The van der Waals surface area contributed by atoms with E-state index < -0.39 is 5.97 Å². The minimum absolute atomic E-state index is 0.113. The van der Waals surface area contributed by atoms with Gasteiger partial charge in [-0.15, -0.1) is 0 Å². The summed E-state index contributed by atoms with van der Waals surface area (Å²) in [7, 11) is 0. The van der Waals surface area contributed by atoms with Gasteiger partial charge < -0.3 is 15.2 Å². The molecule has 0 bridgehead atoms. The van der Waals surface area contributed by atoms with Crippen molar-refractivity contribution in [3.8, 4) is 22.6 Å². The number of rotatable bonds is 7. The van der Waals surface area contributed by atoms with Crippen molar-refractivity contribution in [2.75, 3.05) is 5.32 Å². The van der Waals surface area contributed by atoms with Crippen LogP contribution in [0, 0.1) is 0 Å². The lowest BCUT2D eigenvalue weighted by Gasteiger charge is -2.10. The molecule has 2 N–H and O–H groups in total. The van der Waals surface area contributed by atoms with Crippen LogP contribution in [0.4, 0.5) is 5.69 Å². The number of ether oxygens (including phenoxy) is 1. The van der Waals surface area contributed by atoms with Crippen LogP contribution in [0.15, 0.2) is 91.3 Å². The van der Waals surface area contributed by atoms with Gasteiger partial charge in [0.2, 0.25) is 0 Å². The molecule has 0 aliphatic heterocycles. The van der Waals surface area contributed by atoms with Gasteiger partial charge in [-0.3, -0.25) is 14.6 Å². The fourth-order valence-electron chi connectivity index (χ4n) is 3.20. The SMILES string of the molecule is O=C(O)Cc1ccc(Oc2ccc(NC(=O)c3cncc(-c4ccccc4)c3)cc2)c(Cl)c1. The van der Waals surface area contributed by atoms with Gasteiger partial charge >= 0.3 is 5.97 Å². The molecule has 0 aliphatic rings. The average molecular weight is 459 g/mol. The van der Waals surface area contributed by atoms with Crippen molar-refractivity contribution in [3.05, 3.63) is 107 Å². The maximum atomic E-state index is 12.7. The van der Waals surface area contributed by atoms with Crippen LogP contribution in [0.1, 0.15) is 15.9 Å². The zero-order valence-corrected chi connectivity index (χ0v) is 18.1. The molecule has 1 amide bonds. The van der Waals surface area contributed by atoms with Crippen molar-refractivity contribution in [3.63, 3.8) is 0 Å². The van der Waals surface area contributed by atoms with Crippen LogP contribution >= 0.6 is 11.6 Å². The Hall–Kier alpha value is -4.16. The lowest BCUT2D eigenvalue weighted by Crippen LogP contribution is -2.12. The predicted octanol–water partition coefficient (Wildman–Crippen LogP) is 6.07. The molecular formula is C26H19ClN2O4. The van der Waals surface area contributed by atoms with E-state index in [0.29, 0.717) is 33.3 Å². The van der Waals surface area contributed by atoms with E-state index in [4.69, 9.17) is 21.4 Å². The third-order valence-corrected chi connectivity index (χ3v) is 5.09. The summed E-state index contributed by atoms with van der Waals surface area (Å²) in [5, 5.41) is 12.0. The zero-order chi connectivity index (χ0) is 23.2. The highest BCUT2D eigenvalue weighted by Gasteiger charge is 2.10. The van der Waals surface area contributed by atoms with Crippen LogP contribution < -0.4 is 10.1 Å². The highest BCUT2D eigenvalue weighted by molar-refractivity contribution is 6.32. The molecule has 4 rings (SSSR count). The van der Waals surface area contributed by atoms with Crippen LogP contribution in [0.25, 0.3) is 11.1 Å². The Kier molecular flexibility index (Phi) is 6.66. The van der Waals surface area contributed by atoms with Crippen molar-refractivity contribution in [1.29, 1.82) is 0 Å². The maximum absolute atomic E-state index is 12.7. The Bertz CT molecular complexity index is 1290. The summed E-state index contributed by atoms with van der Waals surface area (Å²) in [6.45, 7) is 0. The molecule has 0 saturated heterocycles. The highest BCUT2D eigenvalue weighted by Crippen LogP contribution is 2.31. The molecule has 0 unspecified atom stereocenters. The van der Waals surface area contributed by atoms with Gasteiger partial charge in [0, 0.05) is 23.6 Å². The number of carbonyl (C=O) groups is 2. The molecule has 164 valence electrons. The molecule has 0 aliphatic carbocycles. The molecule has 0 saturated carbocycles. The Morgan fingerprint density at radius 3 is 2.36 bits per heavy atom. The number of amides is 1. The minimum atomic E-state index is -0.931. The molecule has 0 radical (unpaired) electrons. The number of nitrogens with zero attached hydrogens (tertiary/aromatic N) is 1. The largest absolute Gasteiger partial charge is 0.481 e. The summed E-state index contributed by atoms with van der Waals surface area (Å²) in [4.78, 5) is 27.7. The third-order valence-electron chi connectivity index (χ3n) is 4.80. The first kappa shape index (κ1) is 22.0. The van der Waals surface area contributed by atoms with E-state index in [1.54, 1.807) is 54.7 Å². The first-order chi connectivity index (χ1) is 16.0. The number of carboxylic acids is 1. The van der Waals surface area contributed by atoms with Crippen molar-refractivity contribution in [2.45, 2.75) is 6.42 Å². The summed E-state index contributed by atoms with van der Waals surface area (Å²) < 4.78 is 5.78. The Morgan fingerprint density at radius 1 is 0.909 bits per heavy atom. The molecule has 1 heterocycles. The van der Waals surface area contributed by atoms with E-state index in [-0.39, 0.29) is 12.3 Å². The van der Waals surface area contributed by atoms with Gasteiger partial charge in [0.1, 0.15) is 11.5 Å². The number of nitrogens with one attached hydrogen (secondary N) is 1. The molecule has 0 fully saturated rings. The van der Waals surface area contributed by atoms with Crippen LogP contribution in [0.2, 0.25) is 5.02 Å². The molecule has 4 aromatic rings. The first-order valence-electron chi connectivity index (χ1n) is 10.1. The maximum Gasteiger partial charge on any atom is 0.307 e. The molecular weight excluding hydrogens is 440 g/mol. The van der Waals surface area contributed by atoms with Crippen LogP contribution in [-0.2, 0) is 11.2 Å². The van der Waals surface area contributed by atoms with E-state index in [2.05, 4.69) is 10.3 Å². The summed E-state index contributed by atoms with van der Waals surface area (Å²) >= 11 is 6.21. The molecule has 3 aromatic carbocycles. The number of pyridine rings is 1. The number of aliphatic carboxylic acids is 1. The Labute approximate surface area is 195 Å². The quantitative estimate of drug-likeness (QED) is 0.350. The van der Waals surface area contributed by atoms with Crippen LogP contribution in [0.5, 0.6) is 11.5 Å². The van der Waals surface area contributed by atoms with Crippen molar-refractivity contribution in [1.82, 2.24) is 4.98 Å². The standard InChI is InChI=1S/C26H19ClN2O4/c27-23-12-17(13-25(30)31)6-11-24(23)33-22-9-7-21(8-10-22)29-26(32)20-14-19(15-28-16-20)18-4-2-1-3-5-18/h1-12,14-16H,13H2,(H,29,32)(H,30,31). The first-order valence-corrected chi connectivity index (χ1v) is 10.5. The number of anilines is 1. The van der Waals surface area contributed by atoms with Gasteiger partial charge in [-0.2, -0.15) is 0 Å². The van der Waals surface area contributed by atoms with E-state index in [1.165, 1.54) is 6.20 Å². The number of halogens is 1. The summed E-state index contributed by atoms with van der Waals surface area (Å²) in [6.07, 6.45) is 3.13. The van der Waals surface area contributed by atoms with E-state index in [0.717, 1.165) is 11.1 Å². The van der Waals surface area contributed by atoms with Gasteiger partial charge in [-0.25, -0.2) is 0 Å². The van der Waals surface area contributed by atoms with E-state index >= 15 is 0 Å². The number of carbonyl (C=O) groups excluding carboxylic acids is 1. The minimum Gasteiger partial charge on any atom is -0.481 e. The lowest BCUT2D eigenvalue weighted by molar-refractivity contribution is -0.136. The fourth-order valence-corrected chi connectivity index (χ4v) is 3.44. The van der Waals surface area contributed by atoms with Crippen LogP contribution in [-0.4, -0.2) is 22.0 Å². The predicted molar refractivity (Wildman–Crippen MR) is 127 cm³/mol. The second-order valence-electron chi connectivity index (χ2n) is 7.24. The normalized spacial score (nSPS) is 10.5. The van der Waals surface area contributed by atoms with E-state index in [9.17, 15) is 9.59 Å². The molecule has 0 atom stereocenters. The van der Waals surface area contributed by atoms with Crippen LogP contribution in [0.3, 0.4) is 0 Å². The van der Waals surface area contributed by atoms with Crippen molar-refractivity contribution >= 4 is 29.2 Å². The van der Waals surface area contributed by atoms with Gasteiger partial charge in [-0.05, 0) is 53.6 Å². The van der Waals surface area contributed by atoms with Gasteiger partial charge in [0.15, 0.2) is 0 Å². The number of hydrogen-bond donors (Lipinski definition) is 2. The second-order valence-corrected chi connectivity index (χ2v) is 7.65. The molecule has 6 nitrogen and oxygen atoms in total. The summed E-state index contributed by atoms with van der Waals surface area (Å²) in [5.74, 6) is -0.272. The molecule has 33 heavy (non-hydrogen) atoms. The summed E-state index contributed by atoms with van der Waals surface area (Å²) in [6, 6.07) is 23.2. The highest BCUT2D eigenvalue weighted by atomic mass is 35.5. The number of carboxylic acid groups (broad SMARTS) is 1. The number of benzene rings is 3. The van der Waals surface area contributed by atoms with Gasteiger partial charge in [-0.1, -0.05) is 48.0 Å². The molecule has 7 heteroatoms. The fraction of sp³-hybridized carbons (Fsp3) is 0.0385. The molecule has 0 spiro atoms. The Morgan fingerprint density at radius 2 is 1.67 bits per heavy atom. The van der Waals surface area contributed by atoms with Gasteiger partial charge in [0.25, 0.3) is 5.91 Å². The number of aromatic nitrogens is 1. The van der Waals surface area contributed by atoms with E-state index in [1.807, 2.05) is 30.3 Å². The monoisotopic (exact) mass is 458 g/mol. The Balaban J connectivity index is 1.42. The summed E-state index contributed by atoms with van der Waals surface area (Å²) in [5.41, 5.74) is 3.48. The van der Waals surface area contributed by atoms with Gasteiger partial charge in [0.05, 0.1) is 17.0 Å². The second kappa shape index (κ2) is 9.97. The zero-order valence-electron chi connectivity index (χ0n) is 17.4.